The molecule has 2 aromatic rings. The topological polar surface area (TPSA) is 59.1 Å². The first-order chi connectivity index (χ1) is 22.3. The van der Waals surface area contributed by atoms with Crippen molar-refractivity contribution >= 4 is 11.9 Å². The standard InChI is InChI=1S/C40H58F2N2O4/c1-11-13-24-44-38(5,6)23-21-30(26-40(44,9)10)48-36(46)32-19-18-31(33(41)34(32)42)27-14-16-28(17-15-27)35(45)47-29-20-22-37(3,4)43(12-2)39(7,8)25-29/h14-19,29-30H,11-13,20-26H2,1-10H3. The van der Waals surface area contributed by atoms with Crippen molar-refractivity contribution in [3.63, 3.8) is 0 Å². The van der Waals surface area contributed by atoms with Gasteiger partial charge in [-0.3, -0.25) is 9.80 Å². The number of rotatable bonds is 9. The van der Waals surface area contributed by atoms with Crippen LogP contribution in [0.4, 0.5) is 8.78 Å². The van der Waals surface area contributed by atoms with Gasteiger partial charge in [0.15, 0.2) is 11.6 Å². The van der Waals surface area contributed by atoms with E-state index in [9.17, 15) is 9.59 Å². The maximum Gasteiger partial charge on any atom is 0.341 e. The average Bonchev–Trinajstić information content (AvgIpc) is 3.14. The number of unbranched alkanes of at least 4 members (excludes halogenated alkanes) is 1. The summed E-state index contributed by atoms with van der Waals surface area (Å²) in [6, 6.07) is 8.97. The van der Waals surface area contributed by atoms with Gasteiger partial charge in [-0.25, -0.2) is 18.4 Å². The number of halogens is 2. The molecule has 2 atom stereocenters. The Morgan fingerprint density at radius 1 is 0.708 bits per heavy atom. The maximum absolute atomic E-state index is 15.5. The maximum atomic E-state index is 15.5. The molecule has 2 aliphatic rings. The van der Waals surface area contributed by atoms with Crippen LogP contribution in [0, 0.1) is 11.6 Å². The van der Waals surface area contributed by atoms with Crippen molar-refractivity contribution in [1.82, 2.24) is 9.80 Å². The van der Waals surface area contributed by atoms with Crippen LogP contribution in [0.15, 0.2) is 36.4 Å². The van der Waals surface area contributed by atoms with Crippen LogP contribution in [0.5, 0.6) is 0 Å². The monoisotopic (exact) mass is 668 g/mol. The van der Waals surface area contributed by atoms with Gasteiger partial charge in [-0.1, -0.05) is 38.5 Å². The highest BCUT2D eigenvalue weighted by atomic mass is 19.2. The van der Waals surface area contributed by atoms with Crippen molar-refractivity contribution in [3.8, 4) is 11.1 Å². The van der Waals surface area contributed by atoms with Gasteiger partial charge in [0, 0.05) is 40.6 Å². The van der Waals surface area contributed by atoms with Crippen LogP contribution in [0.1, 0.15) is 141 Å². The highest BCUT2D eigenvalue weighted by molar-refractivity contribution is 5.91. The number of hydrogen-bond acceptors (Lipinski definition) is 6. The fourth-order valence-electron chi connectivity index (χ4n) is 8.60. The number of carbonyl (C=O) groups is 2. The van der Waals surface area contributed by atoms with E-state index in [1.54, 1.807) is 24.3 Å². The number of carbonyl (C=O) groups excluding carboxylic acids is 2. The Balaban J connectivity index is 1.44. The second kappa shape index (κ2) is 14.6. The first-order valence-corrected chi connectivity index (χ1v) is 17.9. The lowest BCUT2D eigenvalue weighted by Gasteiger charge is -2.47. The lowest BCUT2D eigenvalue weighted by Crippen LogP contribution is -2.55. The van der Waals surface area contributed by atoms with Crippen LogP contribution in [-0.2, 0) is 9.47 Å². The molecule has 0 amide bonds. The van der Waals surface area contributed by atoms with Gasteiger partial charge >= 0.3 is 11.9 Å². The van der Waals surface area contributed by atoms with E-state index in [2.05, 4.69) is 79.0 Å². The predicted octanol–water partition coefficient (Wildman–Crippen LogP) is 9.59. The Labute approximate surface area is 287 Å². The molecule has 2 heterocycles. The Morgan fingerprint density at radius 3 is 1.77 bits per heavy atom. The summed E-state index contributed by atoms with van der Waals surface area (Å²) in [4.78, 5) is 31.3. The summed E-state index contributed by atoms with van der Waals surface area (Å²) in [5.41, 5.74) is -0.141. The predicted molar refractivity (Wildman–Crippen MR) is 188 cm³/mol. The lowest BCUT2D eigenvalue weighted by molar-refractivity contribution is -0.00129. The third-order valence-electron chi connectivity index (χ3n) is 10.9. The van der Waals surface area contributed by atoms with Crippen LogP contribution < -0.4 is 0 Å². The molecule has 0 spiro atoms. The Morgan fingerprint density at radius 2 is 1.23 bits per heavy atom. The average molecular weight is 669 g/mol. The summed E-state index contributed by atoms with van der Waals surface area (Å²) in [7, 11) is 0. The highest BCUT2D eigenvalue weighted by Crippen LogP contribution is 2.40. The minimum absolute atomic E-state index is 0.000267. The van der Waals surface area contributed by atoms with Crippen molar-refractivity contribution in [1.29, 1.82) is 0 Å². The number of ether oxygens (including phenoxy) is 2. The van der Waals surface area contributed by atoms with Gasteiger partial charge in [0.05, 0.1) is 11.1 Å². The lowest BCUT2D eigenvalue weighted by atomic mass is 9.91. The minimum Gasteiger partial charge on any atom is -0.459 e. The van der Waals surface area contributed by atoms with E-state index in [-0.39, 0.29) is 33.8 Å². The number of likely N-dealkylation sites (tertiary alicyclic amines) is 2. The van der Waals surface area contributed by atoms with Crippen LogP contribution in [-0.4, -0.2) is 69.2 Å². The molecular weight excluding hydrogens is 610 g/mol. The Kier molecular flexibility index (Phi) is 11.5. The zero-order valence-electron chi connectivity index (χ0n) is 31.0. The molecule has 0 aromatic heterocycles. The van der Waals surface area contributed by atoms with Crippen molar-refractivity contribution in [3.05, 3.63) is 59.2 Å². The third kappa shape index (κ3) is 8.30. The molecule has 4 rings (SSSR count). The zero-order chi connectivity index (χ0) is 35.7. The van der Waals surface area contributed by atoms with E-state index in [4.69, 9.17) is 9.47 Å². The van der Waals surface area contributed by atoms with Gasteiger partial charge in [-0.05, 0) is 124 Å². The number of benzene rings is 2. The molecule has 6 nitrogen and oxygen atoms in total. The van der Waals surface area contributed by atoms with E-state index in [1.165, 1.54) is 12.1 Å². The minimum atomic E-state index is -1.24. The molecule has 8 heteroatoms. The summed E-state index contributed by atoms with van der Waals surface area (Å²) in [6.45, 7) is 23.8. The first-order valence-electron chi connectivity index (χ1n) is 17.9. The van der Waals surface area contributed by atoms with E-state index in [1.807, 2.05) is 0 Å². The fraction of sp³-hybridized carbons (Fsp3) is 0.650. The second-order valence-electron chi connectivity index (χ2n) is 16.4. The molecule has 0 saturated carbocycles. The van der Waals surface area contributed by atoms with E-state index < -0.39 is 35.2 Å². The molecule has 266 valence electrons. The number of esters is 2. The van der Waals surface area contributed by atoms with Crippen LogP contribution >= 0.6 is 0 Å². The summed E-state index contributed by atoms with van der Waals surface area (Å²) >= 11 is 0. The van der Waals surface area contributed by atoms with E-state index >= 15 is 8.78 Å². The highest BCUT2D eigenvalue weighted by Gasteiger charge is 2.44. The quantitative estimate of drug-likeness (QED) is 0.248. The molecule has 0 bridgehead atoms. The summed E-state index contributed by atoms with van der Waals surface area (Å²) < 4.78 is 42.7. The van der Waals surface area contributed by atoms with E-state index in [0.717, 1.165) is 51.6 Å². The molecule has 2 saturated heterocycles. The molecule has 0 N–H and O–H groups in total. The van der Waals surface area contributed by atoms with Crippen molar-refractivity contribution in [2.45, 2.75) is 155 Å². The second-order valence-corrected chi connectivity index (χ2v) is 16.4. The molecule has 0 aliphatic carbocycles. The van der Waals surface area contributed by atoms with Gasteiger partial charge in [0.25, 0.3) is 0 Å². The summed E-state index contributed by atoms with van der Waals surface area (Å²) in [5.74, 6) is -3.66. The third-order valence-corrected chi connectivity index (χ3v) is 10.9. The summed E-state index contributed by atoms with van der Waals surface area (Å²) in [5, 5.41) is 0. The zero-order valence-corrected chi connectivity index (χ0v) is 31.0. The van der Waals surface area contributed by atoms with Gasteiger partial charge < -0.3 is 9.47 Å². The molecule has 2 fully saturated rings. The summed E-state index contributed by atoms with van der Waals surface area (Å²) in [6.07, 6.45) is 6.02. The molecule has 2 aliphatic heterocycles. The van der Waals surface area contributed by atoms with Gasteiger partial charge in [0.1, 0.15) is 12.2 Å². The SMILES string of the molecule is CCCCN1C(C)(C)CCC(OC(=O)c2ccc(-c3ccc(C(=O)OC4CCC(C)(C)N(CC)C(C)(C)C4)cc3)c(F)c2F)CC1(C)C. The Bertz CT molecular complexity index is 1450. The molecular formula is C40H58F2N2O4. The number of nitrogens with zero attached hydrogens (tertiary/aromatic N) is 2. The largest absolute Gasteiger partial charge is 0.459 e. The molecule has 48 heavy (non-hydrogen) atoms. The number of hydrogen-bond donors (Lipinski definition) is 0. The van der Waals surface area contributed by atoms with Crippen LogP contribution in [0.3, 0.4) is 0 Å². The fourth-order valence-corrected chi connectivity index (χ4v) is 8.60. The normalized spacial score (nSPS) is 23.9. The van der Waals surface area contributed by atoms with Crippen LogP contribution in [0.25, 0.3) is 11.1 Å². The molecule has 2 unspecified atom stereocenters. The first kappa shape index (κ1) is 38.0. The van der Waals surface area contributed by atoms with Gasteiger partial charge in [-0.2, -0.15) is 0 Å². The van der Waals surface area contributed by atoms with Gasteiger partial charge in [-0.15, -0.1) is 0 Å². The van der Waals surface area contributed by atoms with Crippen molar-refractivity contribution < 1.29 is 27.8 Å². The smallest absolute Gasteiger partial charge is 0.341 e. The van der Waals surface area contributed by atoms with E-state index in [0.29, 0.717) is 24.0 Å². The van der Waals surface area contributed by atoms with Gasteiger partial charge in [0.2, 0.25) is 0 Å². The molecule has 2 aromatic carbocycles. The Hall–Kier alpha value is -2.84. The van der Waals surface area contributed by atoms with Crippen molar-refractivity contribution in [2.75, 3.05) is 13.1 Å². The van der Waals surface area contributed by atoms with Crippen molar-refractivity contribution in [2.24, 2.45) is 0 Å². The molecule has 0 radical (unpaired) electrons. The van der Waals surface area contributed by atoms with Crippen LogP contribution in [0.2, 0.25) is 0 Å².